The Bertz CT molecular complexity index is 282. The molecule has 0 atom stereocenters. The van der Waals surface area contributed by atoms with Crippen molar-refractivity contribution in [2.45, 2.75) is 78.1 Å². The Morgan fingerprint density at radius 3 is 2.26 bits per heavy atom. The average molecular weight is 265 g/mol. The Kier molecular flexibility index (Phi) is 5.29. The summed E-state index contributed by atoms with van der Waals surface area (Å²) in [7, 11) is 0. The lowest BCUT2D eigenvalue weighted by Crippen LogP contribution is -2.44. The van der Waals surface area contributed by atoms with E-state index in [-0.39, 0.29) is 0 Å². The highest BCUT2D eigenvalue weighted by Gasteiger charge is 2.38. The summed E-state index contributed by atoms with van der Waals surface area (Å²) < 4.78 is 0. The zero-order chi connectivity index (χ0) is 13.7. The maximum Gasteiger partial charge on any atom is 0.222 e. The molecular formula is C17H31NO. The van der Waals surface area contributed by atoms with Gasteiger partial charge in [-0.25, -0.2) is 0 Å². The van der Waals surface area contributed by atoms with Crippen LogP contribution < -0.4 is 0 Å². The lowest BCUT2D eigenvalue weighted by molar-refractivity contribution is -0.133. The fourth-order valence-corrected chi connectivity index (χ4v) is 4.03. The summed E-state index contributed by atoms with van der Waals surface area (Å²) in [6, 6.07) is 0. The van der Waals surface area contributed by atoms with Crippen molar-refractivity contribution >= 4 is 5.91 Å². The van der Waals surface area contributed by atoms with Crippen LogP contribution in [0.15, 0.2) is 0 Å². The maximum absolute atomic E-state index is 11.7. The predicted octanol–water partition coefficient (Wildman–Crippen LogP) is 4.39. The normalized spacial score (nSPS) is 23.8. The molecule has 2 fully saturated rings. The standard InChI is InChI=1S/C17H31NO/c1-3-5-6-15-7-9-17(10-8-15)11-13-18(14-12-17)16(19)4-2/h15H,3-14H2,1-2H3. The van der Waals surface area contributed by atoms with Crippen molar-refractivity contribution in [1.29, 1.82) is 0 Å². The fourth-order valence-electron chi connectivity index (χ4n) is 4.03. The summed E-state index contributed by atoms with van der Waals surface area (Å²) in [6.45, 7) is 6.31. The van der Waals surface area contributed by atoms with E-state index in [0.717, 1.165) is 19.0 Å². The first-order chi connectivity index (χ1) is 9.19. The molecular weight excluding hydrogens is 234 g/mol. The Morgan fingerprint density at radius 1 is 1.11 bits per heavy atom. The Morgan fingerprint density at radius 2 is 1.74 bits per heavy atom. The van der Waals surface area contributed by atoms with Gasteiger partial charge in [0.1, 0.15) is 0 Å². The zero-order valence-electron chi connectivity index (χ0n) is 12.9. The molecule has 19 heavy (non-hydrogen) atoms. The summed E-state index contributed by atoms with van der Waals surface area (Å²) in [6.07, 6.45) is 13.2. The molecule has 1 aliphatic heterocycles. The molecule has 2 aliphatic rings. The van der Waals surface area contributed by atoms with Crippen LogP contribution in [0.2, 0.25) is 0 Å². The maximum atomic E-state index is 11.7. The van der Waals surface area contributed by atoms with E-state index in [9.17, 15) is 4.79 Å². The Balaban J connectivity index is 1.76. The van der Waals surface area contributed by atoms with E-state index in [4.69, 9.17) is 0 Å². The van der Waals surface area contributed by atoms with Crippen LogP contribution in [0.4, 0.5) is 0 Å². The van der Waals surface area contributed by atoms with Gasteiger partial charge in [-0.2, -0.15) is 0 Å². The molecule has 2 heteroatoms. The molecule has 0 aromatic carbocycles. The monoisotopic (exact) mass is 265 g/mol. The number of hydrogen-bond donors (Lipinski definition) is 0. The van der Waals surface area contributed by atoms with Crippen LogP contribution in [-0.2, 0) is 4.79 Å². The van der Waals surface area contributed by atoms with E-state index in [1.165, 1.54) is 57.8 Å². The van der Waals surface area contributed by atoms with E-state index in [1.807, 2.05) is 6.92 Å². The van der Waals surface area contributed by atoms with Crippen LogP contribution >= 0.6 is 0 Å². The molecule has 1 amide bonds. The van der Waals surface area contributed by atoms with Crippen molar-refractivity contribution in [3.63, 3.8) is 0 Å². The second-order valence-corrected chi connectivity index (χ2v) is 6.82. The van der Waals surface area contributed by atoms with Crippen LogP contribution in [0, 0.1) is 11.3 Å². The van der Waals surface area contributed by atoms with Crippen LogP contribution in [0.3, 0.4) is 0 Å². The van der Waals surface area contributed by atoms with Gasteiger partial charge in [0, 0.05) is 19.5 Å². The van der Waals surface area contributed by atoms with E-state index in [1.54, 1.807) is 0 Å². The molecule has 1 saturated heterocycles. The lowest BCUT2D eigenvalue weighted by Gasteiger charge is -2.46. The largest absolute Gasteiger partial charge is 0.343 e. The minimum absolute atomic E-state index is 0.353. The second-order valence-electron chi connectivity index (χ2n) is 6.82. The number of carbonyl (C=O) groups is 1. The summed E-state index contributed by atoms with van der Waals surface area (Å²) in [5, 5.41) is 0. The third-order valence-electron chi connectivity index (χ3n) is 5.61. The van der Waals surface area contributed by atoms with Gasteiger partial charge in [-0.05, 0) is 49.9 Å². The minimum Gasteiger partial charge on any atom is -0.343 e. The van der Waals surface area contributed by atoms with Gasteiger partial charge in [0.15, 0.2) is 0 Å². The molecule has 2 nitrogen and oxygen atoms in total. The lowest BCUT2D eigenvalue weighted by atomic mass is 9.65. The highest BCUT2D eigenvalue weighted by Crippen LogP contribution is 2.47. The van der Waals surface area contributed by atoms with Crippen molar-refractivity contribution in [1.82, 2.24) is 4.90 Å². The zero-order valence-corrected chi connectivity index (χ0v) is 12.9. The van der Waals surface area contributed by atoms with Gasteiger partial charge < -0.3 is 4.90 Å². The Labute approximate surface area is 118 Å². The highest BCUT2D eigenvalue weighted by atomic mass is 16.2. The van der Waals surface area contributed by atoms with Gasteiger partial charge >= 0.3 is 0 Å². The number of nitrogens with zero attached hydrogens (tertiary/aromatic N) is 1. The number of amides is 1. The molecule has 110 valence electrons. The SMILES string of the molecule is CCCCC1CCC2(CC1)CCN(C(=O)CC)CC2. The van der Waals surface area contributed by atoms with Crippen LogP contribution in [0.5, 0.6) is 0 Å². The first-order valence-corrected chi connectivity index (χ1v) is 8.47. The van der Waals surface area contributed by atoms with E-state index >= 15 is 0 Å². The van der Waals surface area contributed by atoms with E-state index in [0.29, 0.717) is 17.7 Å². The van der Waals surface area contributed by atoms with Crippen molar-refractivity contribution < 1.29 is 4.79 Å². The number of piperidine rings is 1. The van der Waals surface area contributed by atoms with Gasteiger partial charge in [-0.3, -0.25) is 4.79 Å². The number of hydrogen-bond acceptors (Lipinski definition) is 1. The van der Waals surface area contributed by atoms with Gasteiger partial charge in [-0.15, -0.1) is 0 Å². The summed E-state index contributed by atoms with van der Waals surface area (Å²) in [4.78, 5) is 13.8. The molecule has 1 saturated carbocycles. The molecule has 1 aliphatic carbocycles. The second kappa shape index (κ2) is 6.76. The van der Waals surface area contributed by atoms with Crippen molar-refractivity contribution in [2.75, 3.05) is 13.1 Å². The molecule has 2 rings (SSSR count). The third kappa shape index (κ3) is 3.73. The van der Waals surface area contributed by atoms with Crippen molar-refractivity contribution in [3.8, 4) is 0 Å². The first kappa shape index (κ1) is 14.9. The van der Waals surface area contributed by atoms with Crippen molar-refractivity contribution in [3.05, 3.63) is 0 Å². The number of carbonyl (C=O) groups excluding carboxylic acids is 1. The van der Waals surface area contributed by atoms with Gasteiger partial charge in [0.05, 0.1) is 0 Å². The molecule has 0 unspecified atom stereocenters. The minimum atomic E-state index is 0.353. The van der Waals surface area contributed by atoms with E-state index in [2.05, 4.69) is 11.8 Å². The molecule has 1 heterocycles. The van der Waals surface area contributed by atoms with Crippen molar-refractivity contribution in [2.24, 2.45) is 11.3 Å². The molecule has 1 spiro atoms. The fraction of sp³-hybridized carbons (Fsp3) is 0.941. The van der Waals surface area contributed by atoms with E-state index < -0.39 is 0 Å². The van der Waals surface area contributed by atoms with Gasteiger partial charge in [0.2, 0.25) is 5.91 Å². The topological polar surface area (TPSA) is 20.3 Å². The molecule has 0 aromatic rings. The molecule has 0 aromatic heterocycles. The number of rotatable bonds is 4. The molecule has 0 bridgehead atoms. The van der Waals surface area contributed by atoms with Crippen LogP contribution in [-0.4, -0.2) is 23.9 Å². The van der Waals surface area contributed by atoms with Crippen LogP contribution in [0.25, 0.3) is 0 Å². The predicted molar refractivity (Wildman–Crippen MR) is 80.0 cm³/mol. The number of unbranched alkanes of at least 4 members (excludes halogenated alkanes) is 1. The first-order valence-electron chi connectivity index (χ1n) is 8.47. The molecule has 0 N–H and O–H groups in total. The van der Waals surface area contributed by atoms with Crippen LogP contribution in [0.1, 0.15) is 78.1 Å². The smallest absolute Gasteiger partial charge is 0.222 e. The number of likely N-dealkylation sites (tertiary alicyclic amines) is 1. The summed E-state index contributed by atoms with van der Waals surface area (Å²) in [5.74, 6) is 1.35. The third-order valence-corrected chi connectivity index (χ3v) is 5.61. The highest BCUT2D eigenvalue weighted by molar-refractivity contribution is 5.75. The summed E-state index contributed by atoms with van der Waals surface area (Å²) in [5.41, 5.74) is 0.604. The quantitative estimate of drug-likeness (QED) is 0.738. The Hall–Kier alpha value is -0.530. The van der Waals surface area contributed by atoms with Gasteiger partial charge in [0.25, 0.3) is 0 Å². The average Bonchev–Trinajstić information content (AvgIpc) is 2.47. The molecule has 0 radical (unpaired) electrons. The summed E-state index contributed by atoms with van der Waals surface area (Å²) >= 11 is 0. The van der Waals surface area contributed by atoms with Gasteiger partial charge in [-0.1, -0.05) is 33.1 Å².